The predicted molar refractivity (Wildman–Crippen MR) is 90.9 cm³/mol. The molecule has 2 heterocycles. The highest BCUT2D eigenvalue weighted by Gasteiger charge is 2.04. The number of benzene rings is 1. The summed E-state index contributed by atoms with van der Waals surface area (Å²) in [5.41, 5.74) is 3.05. The van der Waals surface area contributed by atoms with Crippen molar-refractivity contribution in [2.75, 3.05) is 5.32 Å². The summed E-state index contributed by atoms with van der Waals surface area (Å²) in [6.45, 7) is 0. The molecule has 0 aliphatic carbocycles. The average Bonchev–Trinajstić information content (AvgIpc) is 3.08. The number of rotatable bonds is 5. The minimum Gasteiger partial charge on any atom is -0.326 e. The van der Waals surface area contributed by atoms with Gasteiger partial charge in [0.1, 0.15) is 0 Å². The molecule has 0 spiro atoms. The normalized spacial score (nSPS) is 10.4. The van der Waals surface area contributed by atoms with E-state index in [0.29, 0.717) is 6.42 Å². The van der Waals surface area contributed by atoms with Crippen molar-refractivity contribution in [1.29, 1.82) is 0 Å². The molecule has 1 aromatic carbocycles. The molecule has 0 aliphatic rings. The van der Waals surface area contributed by atoms with Gasteiger partial charge in [-0.1, -0.05) is 18.2 Å². The average molecular weight is 308 g/mol. The molecule has 22 heavy (non-hydrogen) atoms. The highest BCUT2D eigenvalue weighted by Crippen LogP contribution is 2.20. The number of anilines is 1. The topological polar surface area (TPSA) is 42.0 Å². The van der Waals surface area contributed by atoms with Crippen molar-refractivity contribution >= 4 is 22.9 Å². The summed E-state index contributed by atoms with van der Waals surface area (Å²) in [5, 5.41) is 4.97. The second-order valence-corrected chi connectivity index (χ2v) is 5.97. The summed E-state index contributed by atoms with van der Waals surface area (Å²) < 4.78 is 0. The van der Waals surface area contributed by atoms with Gasteiger partial charge in [-0.05, 0) is 53.3 Å². The van der Waals surface area contributed by atoms with Crippen LogP contribution in [0, 0.1) is 0 Å². The maximum atomic E-state index is 11.9. The molecule has 0 saturated carbocycles. The van der Waals surface area contributed by atoms with Crippen molar-refractivity contribution < 1.29 is 4.79 Å². The number of thiophene rings is 1. The van der Waals surface area contributed by atoms with E-state index in [4.69, 9.17) is 0 Å². The molecular formula is C18H16N2OS. The fourth-order valence-electron chi connectivity index (χ4n) is 2.21. The van der Waals surface area contributed by atoms with E-state index in [-0.39, 0.29) is 5.91 Å². The first-order valence-corrected chi connectivity index (χ1v) is 8.02. The van der Waals surface area contributed by atoms with Crippen LogP contribution in [0.5, 0.6) is 0 Å². The molecule has 0 atom stereocenters. The summed E-state index contributed by atoms with van der Waals surface area (Å²) in [7, 11) is 0. The molecule has 4 heteroatoms. The summed E-state index contributed by atoms with van der Waals surface area (Å²) >= 11 is 1.69. The second kappa shape index (κ2) is 7.00. The minimum absolute atomic E-state index is 0.0464. The molecule has 3 rings (SSSR count). The van der Waals surface area contributed by atoms with Gasteiger partial charge in [-0.25, -0.2) is 0 Å². The Balaban J connectivity index is 1.58. The summed E-state index contributed by atoms with van der Waals surface area (Å²) in [6.07, 6.45) is 4.84. The first-order valence-electron chi connectivity index (χ1n) is 7.14. The lowest BCUT2D eigenvalue weighted by atomic mass is 10.1. The van der Waals surface area contributed by atoms with E-state index < -0.39 is 0 Å². The van der Waals surface area contributed by atoms with Crippen molar-refractivity contribution in [3.8, 4) is 11.1 Å². The molecular weight excluding hydrogens is 292 g/mol. The zero-order chi connectivity index (χ0) is 15.2. The zero-order valence-corrected chi connectivity index (χ0v) is 12.8. The van der Waals surface area contributed by atoms with E-state index in [0.717, 1.165) is 23.2 Å². The van der Waals surface area contributed by atoms with Crippen LogP contribution < -0.4 is 5.32 Å². The monoisotopic (exact) mass is 308 g/mol. The molecule has 110 valence electrons. The highest BCUT2D eigenvalue weighted by atomic mass is 32.1. The van der Waals surface area contributed by atoms with Gasteiger partial charge in [0.05, 0.1) is 0 Å². The van der Waals surface area contributed by atoms with Crippen LogP contribution in [0.15, 0.2) is 66.3 Å². The zero-order valence-electron chi connectivity index (χ0n) is 12.0. The summed E-state index contributed by atoms with van der Waals surface area (Å²) in [5.74, 6) is 0.0464. The SMILES string of the molecule is O=C(CCc1cccs1)Nc1ccc(-c2ccncc2)cc1. The van der Waals surface area contributed by atoms with Crippen LogP contribution in [0.25, 0.3) is 11.1 Å². The highest BCUT2D eigenvalue weighted by molar-refractivity contribution is 7.09. The van der Waals surface area contributed by atoms with Gasteiger partial charge in [0, 0.05) is 29.4 Å². The van der Waals surface area contributed by atoms with Gasteiger partial charge >= 0.3 is 0 Å². The number of aromatic nitrogens is 1. The first kappa shape index (κ1) is 14.5. The van der Waals surface area contributed by atoms with E-state index in [1.165, 1.54) is 4.88 Å². The van der Waals surface area contributed by atoms with Gasteiger partial charge < -0.3 is 5.32 Å². The van der Waals surface area contributed by atoms with Gasteiger partial charge in [0.25, 0.3) is 0 Å². The Morgan fingerprint density at radius 1 is 1.00 bits per heavy atom. The summed E-state index contributed by atoms with van der Waals surface area (Å²) in [6, 6.07) is 15.9. The van der Waals surface area contributed by atoms with Crippen LogP contribution in [0.1, 0.15) is 11.3 Å². The van der Waals surface area contributed by atoms with Crippen LogP contribution in [0.2, 0.25) is 0 Å². The number of carbonyl (C=O) groups is 1. The summed E-state index contributed by atoms with van der Waals surface area (Å²) in [4.78, 5) is 17.2. The lowest BCUT2D eigenvalue weighted by Gasteiger charge is -2.06. The molecule has 1 N–H and O–H groups in total. The quantitative estimate of drug-likeness (QED) is 0.760. The predicted octanol–water partition coefficient (Wildman–Crippen LogP) is 4.38. The number of pyridine rings is 1. The van der Waals surface area contributed by atoms with Crippen molar-refractivity contribution in [2.24, 2.45) is 0 Å². The third kappa shape index (κ3) is 3.80. The lowest BCUT2D eigenvalue weighted by molar-refractivity contribution is -0.116. The fraction of sp³-hybridized carbons (Fsp3) is 0.111. The number of carbonyl (C=O) groups excluding carboxylic acids is 1. The van der Waals surface area contributed by atoms with Crippen molar-refractivity contribution in [1.82, 2.24) is 4.98 Å². The lowest BCUT2D eigenvalue weighted by Crippen LogP contribution is -2.11. The van der Waals surface area contributed by atoms with E-state index in [9.17, 15) is 4.79 Å². The number of nitrogens with one attached hydrogen (secondary N) is 1. The Labute approximate surface area is 133 Å². The van der Waals surface area contributed by atoms with E-state index in [1.807, 2.05) is 47.8 Å². The molecule has 3 aromatic rings. The smallest absolute Gasteiger partial charge is 0.224 e. The van der Waals surface area contributed by atoms with Crippen LogP contribution >= 0.6 is 11.3 Å². The fourth-order valence-corrected chi connectivity index (χ4v) is 2.91. The van der Waals surface area contributed by atoms with Crippen molar-refractivity contribution in [3.05, 3.63) is 71.2 Å². The number of aryl methyl sites for hydroxylation is 1. The van der Waals surface area contributed by atoms with E-state index >= 15 is 0 Å². The Hall–Kier alpha value is -2.46. The number of amides is 1. The Morgan fingerprint density at radius 3 is 2.41 bits per heavy atom. The van der Waals surface area contributed by atoms with Crippen molar-refractivity contribution in [2.45, 2.75) is 12.8 Å². The maximum absolute atomic E-state index is 11.9. The third-order valence-corrected chi connectivity index (χ3v) is 4.30. The number of hydrogen-bond acceptors (Lipinski definition) is 3. The largest absolute Gasteiger partial charge is 0.326 e. The number of nitrogens with zero attached hydrogens (tertiary/aromatic N) is 1. The van der Waals surface area contributed by atoms with Gasteiger partial charge in [-0.3, -0.25) is 9.78 Å². The van der Waals surface area contributed by atoms with Gasteiger partial charge in [-0.2, -0.15) is 0 Å². The van der Waals surface area contributed by atoms with Gasteiger partial charge in [-0.15, -0.1) is 11.3 Å². The molecule has 2 aromatic heterocycles. The molecule has 0 bridgehead atoms. The first-order chi connectivity index (χ1) is 10.8. The maximum Gasteiger partial charge on any atom is 0.224 e. The Kier molecular flexibility index (Phi) is 4.61. The molecule has 0 unspecified atom stereocenters. The molecule has 0 fully saturated rings. The van der Waals surface area contributed by atoms with Gasteiger partial charge in [0.2, 0.25) is 5.91 Å². The number of hydrogen-bond donors (Lipinski definition) is 1. The van der Waals surface area contributed by atoms with Crippen LogP contribution in [0.4, 0.5) is 5.69 Å². The molecule has 1 amide bonds. The van der Waals surface area contributed by atoms with Crippen molar-refractivity contribution in [3.63, 3.8) is 0 Å². The molecule has 0 radical (unpaired) electrons. The third-order valence-electron chi connectivity index (χ3n) is 3.36. The van der Waals surface area contributed by atoms with E-state index in [2.05, 4.69) is 16.4 Å². The van der Waals surface area contributed by atoms with E-state index in [1.54, 1.807) is 23.7 Å². The second-order valence-electron chi connectivity index (χ2n) is 4.94. The molecule has 3 nitrogen and oxygen atoms in total. The standard InChI is InChI=1S/C18H16N2OS/c21-18(8-7-17-2-1-13-22-17)20-16-5-3-14(4-6-16)15-9-11-19-12-10-15/h1-6,9-13H,7-8H2,(H,20,21). The van der Waals surface area contributed by atoms with Crippen LogP contribution in [0.3, 0.4) is 0 Å². The molecule has 0 aliphatic heterocycles. The van der Waals surface area contributed by atoms with Crippen LogP contribution in [-0.4, -0.2) is 10.9 Å². The van der Waals surface area contributed by atoms with Gasteiger partial charge in [0.15, 0.2) is 0 Å². The molecule has 0 saturated heterocycles. The Morgan fingerprint density at radius 2 is 1.73 bits per heavy atom. The van der Waals surface area contributed by atoms with Crippen LogP contribution in [-0.2, 0) is 11.2 Å². The Bertz CT molecular complexity index is 722. The minimum atomic E-state index is 0.0464.